The highest BCUT2D eigenvalue weighted by atomic mass is 79.9. The molecule has 0 aliphatic carbocycles. The average Bonchev–Trinajstić information content (AvgIpc) is 2.37. The topological polar surface area (TPSA) is 47.0 Å². The molecule has 0 radical (unpaired) electrons. The van der Waals surface area contributed by atoms with Crippen LogP contribution in [0.4, 0.5) is 11.5 Å². The van der Waals surface area contributed by atoms with Crippen molar-refractivity contribution in [3.63, 3.8) is 0 Å². The molecule has 2 rings (SSSR count). The molecule has 1 aromatic carbocycles. The molecule has 0 amide bonds. The van der Waals surface area contributed by atoms with E-state index >= 15 is 0 Å². The first-order valence-corrected chi connectivity index (χ1v) is 7.34. The van der Waals surface area contributed by atoms with Crippen molar-refractivity contribution in [1.29, 1.82) is 0 Å². The predicted octanol–water partition coefficient (Wildman–Crippen LogP) is 4.32. The highest BCUT2D eigenvalue weighted by Crippen LogP contribution is 2.27. The van der Waals surface area contributed by atoms with Crippen molar-refractivity contribution in [2.45, 2.75) is 13.3 Å². The van der Waals surface area contributed by atoms with Gasteiger partial charge in [0.25, 0.3) is 0 Å². The van der Waals surface area contributed by atoms with Gasteiger partial charge in [0.05, 0.1) is 7.11 Å². The van der Waals surface area contributed by atoms with Gasteiger partial charge in [-0.3, -0.25) is 0 Å². The fourth-order valence-corrected chi connectivity index (χ4v) is 2.48. The second kappa shape index (κ2) is 6.34. The number of hydrogen-bond donors (Lipinski definition) is 1. The summed E-state index contributed by atoms with van der Waals surface area (Å²) in [5, 5.41) is 3.24. The van der Waals surface area contributed by atoms with Gasteiger partial charge in [0.2, 0.25) is 0 Å². The van der Waals surface area contributed by atoms with Crippen LogP contribution in [-0.4, -0.2) is 17.1 Å². The summed E-state index contributed by atoms with van der Waals surface area (Å²) >= 11 is 6.83. The summed E-state index contributed by atoms with van der Waals surface area (Å²) in [6.07, 6.45) is 0.788. The fourth-order valence-electron chi connectivity index (χ4n) is 1.59. The molecule has 0 saturated carbocycles. The number of aryl methyl sites for hydroxylation is 1. The van der Waals surface area contributed by atoms with Crippen molar-refractivity contribution in [2.24, 2.45) is 0 Å². The van der Waals surface area contributed by atoms with Crippen molar-refractivity contribution in [2.75, 3.05) is 12.4 Å². The Morgan fingerprint density at radius 1 is 1.16 bits per heavy atom. The van der Waals surface area contributed by atoms with Gasteiger partial charge >= 0.3 is 0 Å². The Balaban J connectivity index is 2.30. The number of aromatic nitrogens is 2. The van der Waals surface area contributed by atoms with E-state index in [-0.39, 0.29) is 0 Å². The summed E-state index contributed by atoms with van der Waals surface area (Å²) < 4.78 is 6.94. The second-order valence-electron chi connectivity index (χ2n) is 3.85. The van der Waals surface area contributed by atoms with Crippen molar-refractivity contribution >= 4 is 43.4 Å². The Kier molecular flexibility index (Phi) is 4.76. The van der Waals surface area contributed by atoms with E-state index in [0.717, 1.165) is 38.6 Å². The van der Waals surface area contributed by atoms with Crippen LogP contribution in [0.1, 0.15) is 12.7 Å². The number of ether oxygens (including phenoxy) is 1. The Labute approximate surface area is 128 Å². The summed E-state index contributed by atoms with van der Waals surface area (Å²) in [5.41, 5.74) is 0.902. The lowest BCUT2D eigenvalue weighted by Gasteiger charge is -2.09. The maximum Gasteiger partial charge on any atom is 0.135 e. The first-order valence-electron chi connectivity index (χ1n) is 5.75. The molecule has 0 unspecified atom stereocenters. The molecular formula is C13H13Br2N3O. The normalized spacial score (nSPS) is 10.3. The van der Waals surface area contributed by atoms with Crippen molar-refractivity contribution in [3.05, 3.63) is 39.2 Å². The van der Waals surface area contributed by atoms with Crippen LogP contribution in [0.3, 0.4) is 0 Å². The average molecular weight is 387 g/mol. The largest absolute Gasteiger partial charge is 0.497 e. The molecule has 4 nitrogen and oxygen atoms in total. The quantitative estimate of drug-likeness (QED) is 0.795. The van der Waals surface area contributed by atoms with Gasteiger partial charge < -0.3 is 10.1 Å². The number of hydrogen-bond acceptors (Lipinski definition) is 4. The third-order valence-electron chi connectivity index (χ3n) is 2.44. The van der Waals surface area contributed by atoms with Crippen molar-refractivity contribution in [1.82, 2.24) is 9.97 Å². The van der Waals surface area contributed by atoms with E-state index in [1.165, 1.54) is 0 Å². The van der Waals surface area contributed by atoms with Crippen molar-refractivity contribution in [3.8, 4) is 5.75 Å². The molecule has 6 heteroatoms. The molecule has 1 heterocycles. The van der Waals surface area contributed by atoms with E-state index in [4.69, 9.17) is 4.74 Å². The zero-order chi connectivity index (χ0) is 13.8. The summed E-state index contributed by atoms with van der Waals surface area (Å²) in [7, 11) is 1.64. The summed E-state index contributed by atoms with van der Waals surface area (Å²) in [4.78, 5) is 8.70. The molecule has 1 N–H and O–H groups in total. The van der Waals surface area contributed by atoms with Crippen LogP contribution in [0.25, 0.3) is 0 Å². The predicted molar refractivity (Wildman–Crippen MR) is 83.1 cm³/mol. The lowest BCUT2D eigenvalue weighted by atomic mass is 10.3. The van der Waals surface area contributed by atoms with Gasteiger partial charge in [0, 0.05) is 28.7 Å². The molecule has 1 aromatic heterocycles. The van der Waals surface area contributed by atoms with Crippen LogP contribution in [0, 0.1) is 0 Å². The number of nitrogens with zero attached hydrogens (tertiary/aromatic N) is 2. The molecule has 0 spiro atoms. The van der Waals surface area contributed by atoms with Crippen LogP contribution in [0.2, 0.25) is 0 Å². The molecule has 0 bridgehead atoms. The highest BCUT2D eigenvalue weighted by Gasteiger charge is 2.04. The minimum Gasteiger partial charge on any atom is -0.497 e. The van der Waals surface area contributed by atoms with Crippen LogP contribution in [-0.2, 0) is 6.42 Å². The number of halogens is 2. The van der Waals surface area contributed by atoms with E-state index in [1.54, 1.807) is 7.11 Å². The van der Waals surface area contributed by atoms with E-state index in [0.29, 0.717) is 0 Å². The summed E-state index contributed by atoms with van der Waals surface area (Å²) in [5.74, 6) is 2.32. The minimum atomic E-state index is 0.749. The number of anilines is 2. The second-order valence-corrected chi connectivity index (χ2v) is 5.58. The minimum absolute atomic E-state index is 0.749. The number of rotatable bonds is 4. The van der Waals surface area contributed by atoms with E-state index in [9.17, 15) is 0 Å². The Hall–Kier alpha value is -1.14. The maximum absolute atomic E-state index is 5.23. The molecule has 0 aliphatic heterocycles. The summed E-state index contributed by atoms with van der Waals surface area (Å²) in [6.45, 7) is 2.02. The van der Waals surface area contributed by atoms with Crippen LogP contribution < -0.4 is 10.1 Å². The Morgan fingerprint density at radius 3 is 2.63 bits per heavy atom. The number of nitrogens with one attached hydrogen (secondary N) is 1. The molecular weight excluding hydrogens is 374 g/mol. The molecule has 100 valence electrons. The molecule has 0 fully saturated rings. The lowest BCUT2D eigenvalue weighted by molar-refractivity contribution is 0.415. The molecule has 0 atom stereocenters. The SMILES string of the molecule is CCc1nc(Br)cc(Nc2cc(Br)cc(OC)c2)n1. The van der Waals surface area contributed by atoms with Crippen LogP contribution in [0.5, 0.6) is 5.75 Å². The maximum atomic E-state index is 5.23. The van der Waals surface area contributed by atoms with E-state index in [1.807, 2.05) is 31.2 Å². The standard InChI is InChI=1S/C13H13Br2N3O/c1-3-12-17-11(15)7-13(18-12)16-9-4-8(14)5-10(6-9)19-2/h4-7H,3H2,1-2H3,(H,16,17,18). The number of methoxy groups -OCH3 is 1. The monoisotopic (exact) mass is 385 g/mol. The van der Waals surface area contributed by atoms with Gasteiger partial charge in [-0.15, -0.1) is 0 Å². The van der Waals surface area contributed by atoms with Crippen molar-refractivity contribution < 1.29 is 4.74 Å². The van der Waals surface area contributed by atoms with Gasteiger partial charge in [0.1, 0.15) is 22.0 Å². The first-order chi connectivity index (χ1) is 9.10. The third-order valence-corrected chi connectivity index (χ3v) is 3.30. The summed E-state index contributed by atoms with van der Waals surface area (Å²) in [6, 6.07) is 7.61. The zero-order valence-electron chi connectivity index (χ0n) is 10.6. The number of benzene rings is 1. The van der Waals surface area contributed by atoms with Crippen LogP contribution >= 0.6 is 31.9 Å². The van der Waals surface area contributed by atoms with Gasteiger partial charge in [-0.25, -0.2) is 9.97 Å². The smallest absolute Gasteiger partial charge is 0.135 e. The third kappa shape index (κ3) is 3.91. The molecule has 0 aliphatic rings. The first kappa shape index (κ1) is 14.3. The highest BCUT2D eigenvalue weighted by molar-refractivity contribution is 9.10. The fraction of sp³-hybridized carbons (Fsp3) is 0.231. The molecule has 19 heavy (non-hydrogen) atoms. The van der Waals surface area contributed by atoms with E-state index in [2.05, 4.69) is 47.1 Å². The molecule has 0 saturated heterocycles. The Morgan fingerprint density at radius 2 is 1.95 bits per heavy atom. The van der Waals surface area contributed by atoms with Gasteiger partial charge in [0.15, 0.2) is 0 Å². The van der Waals surface area contributed by atoms with Crippen LogP contribution in [0.15, 0.2) is 33.3 Å². The van der Waals surface area contributed by atoms with E-state index < -0.39 is 0 Å². The Bertz CT molecular complexity index is 539. The lowest BCUT2D eigenvalue weighted by Crippen LogP contribution is -2.00. The zero-order valence-corrected chi connectivity index (χ0v) is 13.7. The molecule has 2 aromatic rings. The van der Waals surface area contributed by atoms with Gasteiger partial charge in [-0.2, -0.15) is 0 Å². The van der Waals surface area contributed by atoms with Gasteiger partial charge in [-0.05, 0) is 28.1 Å². The van der Waals surface area contributed by atoms with Gasteiger partial charge in [-0.1, -0.05) is 22.9 Å².